The fourth-order valence-electron chi connectivity index (χ4n) is 3.63. The number of rotatable bonds is 4. The van der Waals surface area contributed by atoms with Crippen molar-refractivity contribution in [3.63, 3.8) is 0 Å². The van der Waals surface area contributed by atoms with Gasteiger partial charge in [0.1, 0.15) is 5.75 Å². The molecule has 1 aliphatic carbocycles. The fourth-order valence-corrected chi connectivity index (χ4v) is 3.63. The monoisotopic (exact) mass is 342 g/mol. The number of amides is 2. The van der Waals surface area contributed by atoms with Crippen LogP contribution in [0.2, 0.25) is 0 Å². The highest BCUT2D eigenvalue weighted by Gasteiger charge is 2.36. The van der Waals surface area contributed by atoms with Gasteiger partial charge in [-0.25, -0.2) is 0 Å². The quantitative estimate of drug-likeness (QED) is 0.855. The van der Waals surface area contributed by atoms with Crippen LogP contribution in [0, 0.1) is 11.8 Å². The normalized spacial score (nSPS) is 23.2. The largest absolute Gasteiger partial charge is 0.497 e. The van der Waals surface area contributed by atoms with Crippen molar-refractivity contribution in [2.45, 2.75) is 32.1 Å². The third-order valence-corrected chi connectivity index (χ3v) is 5.11. The molecule has 1 heterocycles. The van der Waals surface area contributed by atoms with Gasteiger partial charge in [0.05, 0.1) is 18.9 Å². The van der Waals surface area contributed by atoms with Crippen LogP contribution >= 0.6 is 0 Å². The van der Waals surface area contributed by atoms with Crippen LogP contribution in [0.15, 0.2) is 36.4 Å². The summed E-state index contributed by atoms with van der Waals surface area (Å²) in [5, 5.41) is 2.95. The molecule has 0 spiro atoms. The summed E-state index contributed by atoms with van der Waals surface area (Å²) in [5.41, 5.74) is 0.726. The molecule has 0 bridgehead atoms. The fraction of sp³-hybridized carbons (Fsp3) is 0.500. The van der Waals surface area contributed by atoms with Crippen molar-refractivity contribution in [1.29, 1.82) is 0 Å². The van der Waals surface area contributed by atoms with E-state index in [1.807, 2.05) is 41.3 Å². The van der Waals surface area contributed by atoms with E-state index in [2.05, 4.69) is 5.32 Å². The van der Waals surface area contributed by atoms with Gasteiger partial charge in [-0.3, -0.25) is 9.59 Å². The van der Waals surface area contributed by atoms with Crippen LogP contribution in [-0.4, -0.2) is 36.9 Å². The Morgan fingerprint density at radius 1 is 1.00 bits per heavy atom. The summed E-state index contributed by atoms with van der Waals surface area (Å²) >= 11 is 0. The Kier molecular flexibility index (Phi) is 5.74. The molecule has 2 amide bonds. The second kappa shape index (κ2) is 8.19. The van der Waals surface area contributed by atoms with Gasteiger partial charge >= 0.3 is 0 Å². The molecule has 1 fully saturated rings. The van der Waals surface area contributed by atoms with Gasteiger partial charge in [0, 0.05) is 18.8 Å². The number of nitrogens with zero attached hydrogens (tertiary/aromatic N) is 1. The molecular weight excluding hydrogens is 316 g/mol. The van der Waals surface area contributed by atoms with Gasteiger partial charge < -0.3 is 15.0 Å². The lowest BCUT2D eigenvalue weighted by Crippen LogP contribution is -2.45. The molecule has 0 radical (unpaired) electrons. The Balaban J connectivity index is 1.67. The van der Waals surface area contributed by atoms with E-state index >= 15 is 0 Å². The van der Waals surface area contributed by atoms with Crippen LogP contribution in [-0.2, 0) is 9.59 Å². The SMILES string of the molecule is COc1ccc(NC(=O)[C@H]2CC=CC[C@H]2C(=O)N2CCCCC2)cc1. The Bertz CT molecular complexity index is 633. The Hall–Kier alpha value is -2.30. The van der Waals surface area contributed by atoms with Crippen molar-refractivity contribution in [3.05, 3.63) is 36.4 Å². The zero-order chi connectivity index (χ0) is 17.6. The number of nitrogens with one attached hydrogen (secondary N) is 1. The Morgan fingerprint density at radius 3 is 2.28 bits per heavy atom. The maximum Gasteiger partial charge on any atom is 0.228 e. The number of carbonyl (C=O) groups is 2. The first kappa shape index (κ1) is 17.5. The molecule has 5 heteroatoms. The Morgan fingerprint density at radius 2 is 1.64 bits per heavy atom. The number of hydrogen-bond acceptors (Lipinski definition) is 3. The van der Waals surface area contributed by atoms with E-state index in [1.54, 1.807) is 7.11 Å². The molecule has 0 unspecified atom stereocenters. The molecular formula is C20H26N2O3. The van der Waals surface area contributed by atoms with E-state index in [4.69, 9.17) is 4.74 Å². The topological polar surface area (TPSA) is 58.6 Å². The second-order valence-electron chi connectivity index (χ2n) is 6.76. The van der Waals surface area contributed by atoms with Crippen LogP contribution in [0.3, 0.4) is 0 Å². The van der Waals surface area contributed by atoms with Crippen molar-refractivity contribution >= 4 is 17.5 Å². The van der Waals surface area contributed by atoms with Gasteiger partial charge in [-0.1, -0.05) is 12.2 Å². The summed E-state index contributed by atoms with van der Waals surface area (Å²) in [5.74, 6) is 0.253. The summed E-state index contributed by atoms with van der Waals surface area (Å²) < 4.78 is 5.13. The third kappa shape index (κ3) is 4.21. The highest BCUT2D eigenvalue weighted by atomic mass is 16.5. The lowest BCUT2D eigenvalue weighted by Gasteiger charge is -2.34. The summed E-state index contributed by atoms with van der Waals surface area (Å²) in [7, 11) is 1.61. The molecule has 3 rings (SSSR count). The molecule has 1 aromatic carbocycles. The van der Waals surface area contributed by atoms with Crippen LogP contribution in [0.5, 0.6) is 5.75 Å². The minimum Gasteiger partial charge on any atom is -0.497 e. The molecule has 0 aromatic heterocycles. The van der Waals surface area contributed by atoms with Gasteiger partial charge in [-0.2, -0.15) is 0 Å². The standard InChI is InChI=1S/C20H26N2O3/c1-25-16-11-9-15(10-12-16)21-19(23)17-7-3-4-8-18(17)20(24)22-13-5-2-6-14-22/h3-4,9-12,17-18H,2,5-8,13-14H2,1H3,(H,21,23)/t17-,18+/m0/s1. The van der Waals surface area contributed by atoms with E-state index in [1.165, 1.54) is 6.42 Å². The molecule has 5 nitrogen and oxygen atoms in total. The molecule has 0 saturated carbocycles. The molecule has 134 valence electrons. The number of carbonyl (C=O) groups excluding carboxylic acids is 2. The maximum absolute atomic E-state index is 12.9. The lowest BCUT2D eigenvalue weighted by molar-refractivity contribution is -0.141. The van der Waals surface area contributed by atoms with E-state index in [9.17, 15) is 9.59 Å². The number of methoxy groups -OCH3 is 1. The highest BCUT2D eigenvalue weighted by molar-refractivity contribution is 5.96. The van der Waals surface area contributed by atoms with Gasteiger partial charge in [-0.05, 0) is 56.4 Å². The first-order valence-corrected chi connectivity index (χ1v) is 9.08. The third-order valence-electron chi connectivity index (χ3n) is 5.11. The van der Waals surface area contributed by atoms with Gasteiger partial charge in [0.15, 0.2) is 0 Å². The molecule has 1 aliphatic heterocycles. The highest BCUT2D eigenvalue weighted by Crippen LogP contribution is 2.30. The minimum absolute atomic E-state index is 0.0788. The molecule has 25 heavy (non-hydrogen) atoms. The minimum atomic E-state index is -0.304. The Labute approximate surface area is 149 Å². The summed E-state index contributed by atoms with van der Waals surface area (Å²) in [6.45, 7) is 1.65. The molecule has 2 atom stereocenters. The van der Waals surface area contributed by atoms with Gasteiger partial charge in [-0.15, -0.1) is 0 Å². The van der Waals surface area contributed by atoms with Crippen LogP contribution in [0.4, 0.5) is 5.69 Å². The number of hydrogen-bond donors (Lipinski definition) is 1. The average Bonchev–Trinajstić information content (AvgIpc) is 2.68. The van der Waals surface area contributed by atoms with Crippen molar-refractivity contribution < 1.29 is 14.3 Å². The van der Waals surface area contributed by atoms with E-state index in [0.717, 1.165) is 37.4 Å². The second-order valence-corrected chi connectivity index (χ2v) is 6.76. The average molecular weight is 342 g/mol. The zero-order valence-electron chi connectivity index (χ0n) is 14.7. The van der Waals surface area contributed by atoms with Crippen LogP contribution < -0.4 is 10.1 Å². The maximum atomic E-state index is 12.9. The molecule has 2 aliphatic rings. The number of piperidine rings is 1. The number of benzene rings is 1. The number of ether oxygens (including phenoxy) is 1. The predicted octanol–water partition coefficient (Wildman–Crippen LogP) is 3.23. The van der Waals surface area contributed by atoms with Gasteiger partial charge in [0.2, 0.25) is 11.8 Å². The first-order valence-electron chi connectivity index (χ1n) is 9.08. The van der Waals surface area contributed by atoms with Crippen molar-refractivity contribution in [1.82, 2.24) is 4.90 Å². The van der Waals surface area contributed by atoms with E-state index in [0.29, 0.717) is 12.8 Å². The number of likely N-dealkylation sites (tertiary alicyclic amines) is 1. The number of allylic oxidation sites excluding steroid dienone is 2. The lowest BCUT2D eigenvalue weighted by atomic mass is 9.81. The summed E-state index contributed by atoms with van der Waals surface area (Å²) in [4.78, 5) is 27.6. The molecule has 1 N–H and O–H groups in total. The zero-order valence-corrected chi connectivity index (χ0v) is 14.7. The van der Waals surface area contributed by atoms with Crippen molar-refractivity contribution in [2.24, 2.45) is 11.8 Å². The summed E-state index contributed by atoms with van der Waals surface area (Å²) in [6.07, 6.45) is 8.63. The van der Waals surface area contributed by atoms with Crippen molar-refractivity contribution in [2.75, 3.05) is 25.5 Å². The smallest absolute Gasteiger partial charge is 0.228 e. The summed E-state index contributed by atoms with van der Waals surface area (Å²) in [6, 6.07) is 7.26. The van der Waals surface area contributed by atoms with E-state index < -0.39 is 0 Å². The molecule has 1 aromatic rings. The first-order chi connectivity index (χ1) is 12.2. The molecule has 1 saturated heterocycles. The van der Waals surface area contributed by atoms with Crippen LogP contribution in [0.25, 0.3) is 0 Å². The van der Waals surface area contributed by atoms with Crippen molar-refractivity contribution in [3.8, 4) is 5.75 Å². The van der Waals surface area contributed by atoms with Crippen LogP contribution in [0.1, 0.15) is 32.1 Å². The van der Waals surface area contributed by atoms with Gasteiger partial charge in [0.25, 0.3) is 0 Å². The number of anilines is 1. The predicted molar refractivity (Wildman–Crippen MR) is 97.4 cm³/mol. The van der Waals surface area contributed by atoms with E-state index in [-0.39, 0.29) is 23.7 Å².